The molecule has 5 N–H and O–H groups in total. The van der Waals surface area contributed by atoms with E-state index in [-0.39, 0.29) is 17.6 Å². The number of amides is 1. The van der Waals surface area contributed by atoms with E-state index in [9.17, 15) is 4.79 Å². The molecule has 1 heterocycles. The summed E-state index contributed by atoms with van der Waals surface area (Å²) in [7, 11) is 1.59. The number of nitrogens with one attached hydrogen (secondary N) is 1. The fourth-order valence-corrected chi connectivity index (χ4v) is 3.09. The number of hydrazine groups is 1. The minimum atomic E-state index is -0.599. The van der Waals surface area contributed by atoms with Crippen molar-refractivity contribution in [2.75, 3.05) is 13.7 Å². The van der Waals surface area contributed by atoms with Gasteiger partial charge in [0.05, 0.1) is 24.1 Å². The number of nitrogens with zero attached hydrogens (tertiary/aromatic N) is 2. The summed E-state index contributed by atoms with van der Waals surface area (Å²) in [6, 6.07) is 3.64. The third-order valence-electron chi connectivity index (χ3n) is 4.72. The van der Waals surface area contributed by atoms with Crippen LogP contribution in [0.25, 0.3) is 5.70 Å². The monoisotopic (exact) mass is 391 g/mol. The molecule has 0 saturated heterocycles. The molecular weight excluding hydrogens is 358 g/mol. The Morgan fingerprint density at radius 1 is 1.32 bits per heavy atom. The summed E-state index contributed by atoms with van der Waals surface area (Å²) < 4.78 is 11.2. The first kappa shape index (κ1) is 21.8. The van der Waals surface area contributed by atoms with E-state index in [2.05, 4.69) is 10.3 Å². The highest BCUT2D eigenvalue weighted by Gasteiger charge is 2.18. The number of aryl methyl sites for hydroxylation is 1. The topological polar surface area (TPSA) is 116 Å². The van der Waals surface area contributed by atoms with Crippen LogP contribution in [0, 0.1) is 6.92 Å². The first-order chi connectivity index (χ1) is 13.4. The number of nitrogens with two attached hydrogens (primary N) is 2. The lowest BCUT2D eigenvalue weighted by atomic mass is 9.98. The summed E-state index contributed by atoms with van der Waals surface area (Å²) in [5.74, 6) is 6.84. The van der Waals surface area contributed by atoms with Crippen molar-refractivity contribution in [3.05, 3.63) is 29.3 Å². The number of ether oxygens (including phenoxy) is 2. The van der Waals surface area contributed by atoms with E-state index >= 15 is 0 Å². The van der Waals surface area contributed by atoms with Crippen LogP contribution >= 0.6 is 0 Å². The molecule has 1 fully saturated rings. The molecule has 0 atom stereocenters. The lowest BCUT2D eigenvalue weighted by molar-refractivity contribution is 0.144. The average molecular weight is 392 g/mol. The minimum Gasteiger partial charge on any atom is -0.489 e. The van der Waals surface area contributed by atoms with Crippen LogP contribution in [0.4, 0.5) is 4.79 Å². The molecule has 8 nitrogen and oxygen atoms in total. The largest absolute Gasteiger partial charge is 0.489 e. The third kappa shape index (κ3) is 6.30. The second-order valence-corrected chi connectivity index (χ2v) is 7.15. The number of rotatable bonds is 8. The highest BCUT2D eigenvalue weighted by molar-refractivity contribution is 5.74. The van der Waals surface area contributed by atoms with Crippen molar-refractivity contribution >= 4 is 11.8 Å². The second-order valence-electron chi connectivity index (χ2n) is 7.15. The zero-order valence-corrected chi connectivity index (χ0v) is 17.2. The number of aromatic nitrogens is 1. The summed E-state index contributed by atoms with van der Waals surface area (Å²) in [5.41, 5.74) is 7.74. The molecule has 28 heavy (non-hydrogen) atoms. The van der Waals surface area contributed by atoms with Gasteiger partial charge in [-0.2, -0.15) is 0 Å². The van der Waals surface area contributed by atoms with Gasteiger partial charge < -0.3 is 15.2 Å². The third-order valence-corrected chi connectivity index (χ3v) is 4.72. The Labute approximate surface area is 167 Å². The predicted octanol–water partition coefficient (Wildman–Crippen LogP) is 3.02. The van der Waals surface area contributed by atoms with Gasteiger partial charge in [-0.3, -0.25) is 10.3 Å². The molecule has 1 aromatic rings. The molecule has 0 spiro atoms. The standard InChI is InChI=1S/C20H33N5O3/c1-4-5-13-27-20(26)24-19(25(3)22)18(21)16-11-12-17(14(2)23-16)28-15-9-7-6-8-10-15/h11-12,15H,4-10,13,21-22H2,1-3H3,(H,24,26)/b19-18-. The summed E-state index contributed by atoms with van der Waals surface area (Å²) in [6.45, 7) is 4.25. The predicted molar refractivity (Wildman–Crippen MR) is 109 cm³/mol. The number of unbranched alkanes of at least 4 members (excludes halogenated alkanes) is 1. The van der Waals surface area contributed by atoms with Gasteiger partial charge >= 0.3 is 6.09 Å². The van der Waals surface area contributed by atoms with Gasteiger partial charge in [0.2, 0.25) is 0 Å². The molecule has 1 aliphatic rings. The lowest BCUT2D eigenvalue weighted by Gasteiger charge is -2.24. The lowest BCUT2D eigenvalue weighted by Crippen LogP contribution is -2.39. The van der Waals surface area contributed by atoms with Crippen LogP contribution in [-0.4, -0.2) is 35.8 Å². The second kappa shape index (κ2) is 10.8. The van der Waals surface area contributed by atoms with Crippen molar-refractivity contribution in [1.29, 1.82) is 0 Å². The molecule has 2 rings (SSSR count). The molecule has 156 valence electrons. The van der Waals surface area contributed by atoms with E-state index in [1.54, 1.807) is 13.1 Å². The fraction of sp³-hybridized carbons (Fsp3) is 0.600. The summed E-state index contributed by atoms with van der Waals surface area (Å²) in [5, 5.41) is 3.83. The number of carbonyl (C=O) groups is 1. The SMILES string of the molecule is CCCCOC(=O)N/C(=C(/N)c1ccc(OC2CCCCC2)c(C)n1)N(C)N. The number of hydrogen-bond acceptors (Lipinski definition) is 7. The van der Waals surface area contributed by atoms with E-state index in [4.69, 9.17) is 21.1 Å². The molecule has 1 saturated carbocycles. The van der Waals surface area contributed by atoms with E-state index in [1.165, 1.54) is 24.3 Å². The Bertz CT molecular complexity index is 684. The molecule has 0 aliphatic heterocycles. The number of hydrogen-bond donors (Lipinski definition) is 3. The van der Waals surface area contributed by atoms with E-state index < -0.39 is 6.09 Å². The van der Waals surface area contributed by atoms with Gasteiger partial charge in [0.25, 0.3) is 0 Å². The summed E-state index contributed by atoms with van der Waals surface area (Å²) in [4.78, 5) is 16.5. The Balaban J connectivity index is 2.12. The summed E-state index contributed by atoms with van der Waals surface area (Å²) >= 11 is 0. The van der Waals surface area contributed by atoms with Crippen molar-refractivity contribution in [2.45, 2.75) is 64.9 Å². The van der Waals surface area contributed by atoms with Gasteiger partial charge in [-0.05, 0) is 51.2 Å². The fourth-order valence-electron chi connectivity index (χ4n) is 3.09. The molecule has 0 bridgehead atoms. The van der Waals surface area contributed by atoms with Crippen molar-refractivity contribution in [3.63, 3.8) is 0 Å². The van der Waals surface area contributed by atoms with Crippen LogP contribution in [0.15, 0.2) is 18.0 Å². The first-order valence-corrected chi connectivity index (χ1v) is 9.99. The highest BCUT2D eigenvalue weighted by Crippen LogP contribution is 2.26. The van der Waals surface area contributed by atoms with Crippen molar-refractivity contribution in [1.82, 2.24) is 15.3 Å². The zero-order valence-electron chi connectivity index (χ0n) is 17.2. The van der Waals surface area contributed by atoms with E-state index in [0.717, 1.165) is 37.1 Å². The molecule has 1 aromatic heterocycles. The Morgan fingerprint density at radius 3 is 2.64 bits per heavy atom. The van der Waals surface area contributed by atoms with Crippen LogP contribution in [0.2, 0.25) is 0 Å². The van der Waals surface area contributed by atoms with E-state index in [1.807, 2.05) is 19.9 Å². The van der Waals surface area contributed by atoms with Crippen LogP contribution < -0.4 is 21.6 Å². The normalized spacial score (nSPS) is 15.6. The molecule has 0 aromatic carbocycles. The Kier molecular flexibility index (Phi) is 8.38. The van der Waals surface area contributed by atoms with Gasteiger partial charge in [-0.1, -0.05) is 19.8 Å². The smallest absolute Gasteiger partial charge is 0.412 e. The maximum Gasteiger partial charge on any atom is 0.412 e. The minimum absolute atomic E-state index is 0.231. The van der Waals surface area contributed by atoms with Crippen LogP contribution in [0.5, 0.6) is 5.75 Å². The van der Waals surface area contributed by atoms with Crippen LogP contribution in [0.3, 0.4) is 0 Å². The highest BCUT2D eigenvalue weighted by atomic mass is 16.5. The first-order valence-electron chi connectivity index (χ1n) is 9.99. The van der Waals surface area contributed by atoms with Crippen molar-refractivity contribution in [3.8, 4) is 5.75 Å². The maximum absolute atomic E-state index is 12.0. The Hall–Kier alpha value is -2.48. The van der Waals surface area contributed by atoms with Crippen molar-refractivity contribution < 1.29 is 14.3 Å². The van der Waals surface area contributed by atoms with E-state index in [0.29, 0.717) is 12.3 Å². The number of alkyl carbamates (subject to hydrolysis) is 1. The Morgan fingerprint density at radius 2 is 2.04 bits per heavy atom. The van der Waals surface area contributed by atoms with Gasteiger partial charge in [-0.25, -0.2) is 15.6 Å². The van der Waals surface area contributed by atoms with Gasteiger partial charge in [0.1, 0.15) is 11.4 Å². The average Bonchev–Trinajstić information content (AvgIpc) is 2.68. The van der Waals surface area contributed by atoms with Crippen molar-refractivity contribution in [2.24, 2.45) is 11.6 Å². The van der Waals surface area contributed by atoms with Crippen LogP contribution in [0.1, 0.15) is 63.3 Å². The van der Waals surface area contributed by atoms with Gasteiger partial charge in [-0.15, -0.1) is 0 Å². The molecular formula is C20H33N5O3. The zero-order chi connectivity index (χ0) is 20.5. The van der Waals surface area contributed by atoms with Gasteiger partial charge in [0, 0.05) is 7.05 Å². The summed E-state index contributed by atoms with van der Waals surface area (Å²) in [6.07, 6.45) is 7.23. The molecule has 8 heteroatoms. The molecule has 0 radical (unpaired) electrons. The molecule has 1 amide bonds. The molecule has 1 aliphatic carbocycles. The molecule has 0 unspecified atom stereocenters. The quantitative estimate of drug-likeness (QED) is 0.354. The number of carbonyl (C=O) groups excluding carboxylic acids is 1. The van der Waals surface area contributed by atoms with Crippen LogP contribution in [-0.2, 0) is 4.74 Å². The number of pyridine rings is 1. The van der Waals surface area contributed by atoms with Gasteiger partial charge in [0.15, 0.2) is 5.82 Å². The maximum atomic E-state index is 12.0.